The van der Waals surface area contributed by atoms with Crippen molar-refractivity contribution in [2.45, 2.75) is 25.8 Å². The van der Waals surface area contributed by atoms with Gasteiger partial charge in [-0.15, -0.1) is 0 Å². The van der Waals surface area contributed by atoms with Crippen LogP contribution in [-0.2, 0) is 11.2 Å². The molecule has 1 rings (SSSR count). The third-order valence-electron chi connectivity index (χ3n) is 2.17. The lowest BCUT2D eigenvalue weighted by atomic mass is 10.1. The summed E-state index contributed by atoms with van der Waals surface area (Å²) in [4.78, 5) is 10.6. The van der Waals surface area contributed by atoms with Crippen LogP contribution in [0.1, 0.15) is 18.9 Å². The van der Waals surface area contributed by atoms with Crippen LogP contribution in [0.15, 0.2) is 18.2 Å². The number of carbonyl (C=O) groups is 1. The zero-order valence-electron chi connectivity index (χ0n) is 9.78. The molecule has 0 saturated heterocycles. The van der Waals surface area contributed by atoms with Crippen LogP contribution in [0.5, 0.6) is 5.75 Å². The number of halogens is 1. The Hall–Kier alpha value is -1.26. The van der Waals surface area contributed by atoms with Crippen LogP contribution in [0.25, 0.3) is 0 Å². The maximum absolute atomic E-state index is 10.6. The molecule has 0 aliphatic heterocycles. The molecule has 94 valence electrons. The molecule has 17 heavy (non-hydrogen) atoms. The van der Waals surface area contributed by atoms with E-state index in [1.165, 1.54) is 0 Å². The molecule has 0 fully saturated rings. The lowest BCUT2D eigenvalue weighted by Gasteiger charge is -2.13. The number of nitrogens with two attached hydrogens (primary N) is 2. The minimum atomic E-state index is -0.382. The van der Waals surface area contributed by atoms with Gasteiger partial charge in [-0.25, -0.2) is 0 Å². The van der Waals surface area contributed by atoms with E-state index < -0.39 is 0 Å². The Morgan fingerprint density at radius 3 is 2.82 bits per heavy atom. The quantitative estimate of drug-likeness (QED) is 0.809. The van der Waals surface area contributed by atoms with Crippen LogP contribution in [0.2, 0.25) is 5.02 Å². The fourth-order valence-electron chi connectivity index (χ4n) is 1.46. The van der Waals surface area contributed by atoms with Gasteiger partial charge in [0.15, 0.2) is 0 Å². The van der Waals surface area contributed by atoms with Crippen molar-refractivity contribution >= 4 is 17.5 Å². The van der Waals surface area contributed by atoms with Crippen molar-refractivity contribution in [1.29, 1.82) is 0 Å². The van der Waals surface area contributed by atoms with Crippen molar-refractivity contribution in [1.82, 2.24) is 0 Å². The molecule has 0 spiro atoms. The number of hydrogen-bond donors (Lipinski definition) is 2. The van der Waals surface area contributed by atoms with Gasteiger partial charge in [-0.2, -0.15) is 0 Å². The van der Waals surface area contributed by atoms with Crippen LogP contribution in [-0.4, -0.2) is 18.6 Å². The highest BCUT2D eigenvalue weighted by Crippen LogP contribution is 2.24. The van der Waals surface area contributed by atoms with Gasteiger partial charge in [-0.3, -0.25) is 4.79 Å². The molecular weight excluding hydrogens is 240 g/mol. The van der Waals surface area contributed by atoms with Crippen molar-refractivity contribution in [3.05, 3.63) is 28.8 Å². The second kappa shape index (κ2) is 6.47. The molecule has 0 bridgehead atoms. The normalized spacial score (nSPS) is 12.2. The summed E-state index contributed by atoms with van der Waals surface area (Å²) in [6, 6.07) is 5.36. The van der Waals surface area contributed by atoms with E-state index in [4.69, 9.17) is 27.8 Å². The molecule has 4 nitrogen and oxygen atoms in total. The topological polar surface area (TPSA) is 78.3 Å². The van der Waals surface area contributed by atoms with Gasteiger partial charge in [0.05, 0.1) is 13.0 Å². The van der Waals surface area contributed by atoms with Gasteiger partial charge < -0.3 is 16.2 Å². The lowest BCUT2D eigenvalue weighted by molar-refractivity contribution is -0.118. The molecule has 1 unspecified atom stereocenters. The predicted octanol–water partition coefficient (Wildman–Crippen LogP) is 1.48. The van der Waals surface area contributed by atoms with Crippen LogP contribution in [0, 0.1) is 0 Å². The summed E-state index contributed by atoms with van der Waals surface area (Å²) < 4.78 is 5.49. The van der Waals surface area contributed by atoms with E-state index in [1.54, 1.807) is 12.1 Å². The summed E-state index contributed by atoms with van der Waals surface area (Å²) in [5.74, 6) is 0.320. The first-order valence-electron chi connectivity index (χ1n) is 5.44. The van der Waals surface area contributed by atoms with Gasteiger partial charge in [0, 0.05) is 11.1 Å². The summed E-state index contributed by atoms with van der Waals surface area (Å²) in [7, 11) is 0. The Morgan fingerprint density at radius 1 is 1.53 bits per heavy atom. The summed E-state index contributed by atoms with van der Waals surface area (Å²) >= 11 is 5.91. The molecular formula is C12H17ClN2O2. The molecule has 0 heterocycles. The van der Waals surface area contributed by atoms with Gasteiger partial charge in [0.25, 0.3) is 0 Å². The highest BCUT2D eigenvalue weighted by molar-refractivity contribution is 6.30. The van der Waals surface area contributed by atoms with Gasteiger partial charge in [-0.1, -0.05) is 11.6 Å². The number of ether oxygens (including phenoxy) is 1. The molecule has 0 saturated carbocycles. The van der Waals surface area contributed by atoms with E-state index in [-0.39, 0.29) is 25.0 Å². The number of amides is 1. The van der Waals surface area contributed by atoms with Crippen molar-refractivity contribution in [2.24, 2.45) is 11.5 Å². The van der Waals surface area contributed by atoms with Crippen LogP contribution in [0.4, 0.5) is 0 Å². The third kappa shape index (κ3) is 5.06. The van der Waals surface area contributed by atoms with Crippen LogP contribution < -0.4 is 16.2 Å². The SMILES string of the molecule is CC(N)Cc1cc(Cl)ccc1OCCC(N)=O. The Balaban J connectivity index is 2.72. The molecule has 1 atom stereocenters. The van der Waals surface area contributed by atoms with E-state index in [0.29, 0.717) is 17.2 Å². The molecule has 4 N–H and O–H groups in total. The van der Waals surface area contributed by atoms with Crippen molar-refractivity contribution in [3.8, 4) is 5.75 Å². The Labute approximate surface area is 106 Å². The molecule has 0 aliphatic rings. The Kier molecular flexibility index (Phi) is 5.25. The van der Waals surface area contributed by atoms with Gasteiger partial charge in [0.1, 0.15) is 5.75 Å². The second-order valence-corrected chi connectivity index (χ2v) is 4.43. The maximum Gasteiger partial charge on any atom is 0.220 e. The van der Waals surface area contributed by atoms with Crippen LogP contribution >= 0.6 is 11.6 Å². The van der Waals surface area contributed by atoms with Gasteiger partial charge in [0.2, 0.25) is 5.91 Å². The minimum absolute atomic E-state index is 0.0203. The van der Waals surface area contributed by atoms with E-state index >= 15 is 0 Å². The fourth-order valence-corrected chi connectivity index (χ4v) is 1.65. The van der Waals surface area contributed by atoms with E-state index in [0.717, 1.165) is 5.56 Å². The summed E-state index contributed by atoms with van der Waals surface area (Å²) in [5.41, 5.74) is 11.7. The average molecular weight is 257 g/mol. The highest BCUT2D eigenvalue weighted by atomic mass is 35.5. The van der Waals surface area contributed by atoms with E-state index in [2.05, 4.69) is 0 Å². The van der Waals surface area contributed by atoms with Crippen LogP contribution in [0.3, 0.4) is 0 Å². The van der Waals surface area contributed by atoms with Crippen molar-refractivity contribution in [3.63, 3.8) is 0 Å². The fraction of sp³-hybridized carbons (Fsp3) is 0.417. The predicted molar refractivity (Wildman–Crippen MR) is 68.1 cm³/mol. The summed E-state index contributed by atoms with van der Waals surface area (Å²) in [5, 5.41) is 0.642. The average Bonchev–Trinajstić information content (AvgIpc) is 2.20. The highest BCUT2D eigenvalue weighted by Gasteiger charge is 2.07. The first kappa shape index (κ1) is 13.8. The van der Waals surface area contributed by atoms with Gasteiger partial charge in [-0.05, 0) is 37.1 Å². The monoisotopic (exact) mass is 256 g/mol. The van der Waals surface area contributed by atoms with E-state index in [9.17, 15) is 4.79 Å². The maximum atomic E-state index is 10.6. The molecule has 0 aliphatic carbocycles. The molecule has 1 aromatic carbocycles. The minimum Gasteiger partial charge on any atom is -0.493 e. The zero-order chi connectivity index (χ0) is 12.8. The summed E-state index contributed by atoms with van der Waals surface area (Å²) in [6.07, 6.45) is 0.868. The number of primary amides is 1. The first-order valence-corrected chi connectivity index (χ1v) is 5.82. The molecule has 1 aromatic rings. The molecule has 0 radical (unpaired) electrons. The molecule has 1 amide bonds. The second-order valence-electron chi connectivity index (χ2n) is 4.00. The number of carbonyl (C=O) groups excluding carboxylic acids is 1. The number of hydrogen-bond acceptors (Lipinski definition) is 3. The van der Waals surface area contributed by atoms with Crippen molar-refractivity contribution in [2.75, 3.05) is 6.61 Å². The Morgan fingerprint density at radius 2 is 2.24 bits per heavy atom. The first-order chi connectivity index (χ1) is 7.99. The molecule has 0 aromatic heterocycles. The molecule has 5 heteroatoms. The largest absolute Gasteiger partial charge is 0.493 e. The van der Waals surface area contributed by atoms with Gasteiger partial charge >= 0.3 is 0 Å². The van der Waals surface area contributed by atoms with Crippen molar-refractivity contribution < 1.29 is 9.53 Å². The third-order valence-corrected chi connectivity index (χ3v) is 2.41. The lowest BCUT2D eigenvalue weighted by Crippen LogP contribution is -2.19. The standard InChI is InChI=1S/C12H17ClN2O2/c1-8(14)6-9-7-10(13)2-3-11(9)17-5-4-12(15)16/h2-3,7-8H,4-6,14H2,1H3,(H2,15,16). The number of rotatable bonds is 6. The summed E-state index contributed by atoms with van der Waals surface area (Å²) in [6.45, 7) is 2.18. The smallest absolute Gasteiger partial charge is 0.220 e. The zero-order valence-corrected chi connectivity index (χ0v) is 10.5. The number of benzene rings is 1. The Bertz CT molecular complexity index is 394. The van der Waals surface area contributed by atoms with E-state index in [1.807, 2.05) is 13.0 Å².